The van der Waals surface area contributed by atoms with Crippen molar-refractivity contribution in [2.24, 2.45) is 0 Å². The Kier molecular flexibility index (Phi) is 3.67. The maximum Gasteiger partial charge on any atom is 0.268 e. The third kappa shape index (κ3) is 2.34. The third-order valence-corrected chi connectivity index (χ3v) is 5.27. The van der Waals surface area contributed by atoms with Gasteiger partial charge in [-0.1, -0.05) is 0 Å². The zero-order valence-corrected chi connectivity index (χ0v) is 15.3. The summed E-state index contributed by atoms with van der Waals surface area (Å²) in [4.78, 5) is 27.9. The largest absolute Gasteiger partial charge is 0.398 e. The van der Waals surface area contributed by atoms with E-state index >= 15 is 0 Å². The van der Waals surface area contributed by atoms with Gasteiger partial charge in [0.1, 0.15) is 5.69 Å². The van der Waals surface area contributed by atoms with Crippen molar-refractivity contribution in [2.45, 2.75) is 6.92 Å². The van der Waals surface area contributed by atoms with E-state index in [2.05, 4.69) is 15.6 Å². The first-order valence-corrected chi connectivity index (χ1v) is 8.81. The van der Waals surface area contributed by atoms with Gasteiger partial charge < -0.3 is 5.73 Å². The number of ketones is 1. The van der Waals surface area contributed by atoms with Gasteiger partial charge in [-0.15, -0.1) is 11.3 Å². The highest BCUT2D eigenvalue weighted by molar-refractivity contribution is 7.15. The number of carbonyl (C=O) groups excluding carboxylic acids is 2. The minimum absolute atomic E-state index is 0.188. The van der Waals surface area contributed by atoms with Crippen molar-refractivity contribution in [3.8, 4) is 21.8 Å². The molecule has 2 heterocycles. The normalized spacial score (nSPS) is 12.4. The first kappa shape index (κ1) is 16.5. The summed E-state index contributed by atoms with van der Waals surface area (Å²) in [6.07, 6.45) is 0. The van der Waals surface area contributed by atoms with Crippen LogP contribution in [0, 0.1) is 6.92 Å². The zero-order valence-electron chi connectivity index (χ0n) is 14.5. The lowest BCUT2D eigenvalue weighted by molar-refractivity contribution is 0.0852. The van der Waals surface area contributed by atoms with E-state index in [9.17, 15) is 9.59 Å². The second-order valence-corrected chi connectivity index (χ2v) is 7.64. The molecule has 26 heavy (non-hydrogen) atoms. The number of thiophene rings is 1. The second-order valence-electron chi connectivity index (χ2n) is 6.35. The second kappa shape index (κ2) is 5.79. The van der Waals surface area contributed by atoms with E-state index in [4.69, 9.17) is 5.73 Å². The number of aromatic amines is 1. The lowest BCUT2D eigenvalue weighted by Gasteiger charge is -2.15. The summed E-state index contributed by atoms with van der Waals surface area (Å²) in [5.74, 6) is -0.652. The standard InChI is InChI=1S/C18H17N5O2S/c1-8-4-7-11(26-8)16-14-15(20-21-16)9-5-6-10(19)13(12(9)17(14)24)18(25)22-23(2)3/h4-7H,19H2,1-3H3,(H,20,21)(H,22,25). The van der Waals surface area contributed by atoms with Crippen LogP contribution in [-0.2, 0) is 0 Å². The number of aryl methyl sites for hydroxylation is 1. The number of nitrogen functional groups attached to an aromatic ring is 1. The van der Waals surface area contributed by atoms with Gasteiger partial charge in [-0.05, 0) is 31.2 Å². The number of nitrogens with one attached hydrogen (secondary N) is 2. The Balaban J connectivity index is 1.89. The Bertz CT molecular complexity index is 1060. The van der Waals surface area contributed by atoms with Crippen LogP contribution in [0.2, 0.25) is 0 Å². The molecule has 7 nitrogen and oxygen atoms in total. The molecule has 0 radical (unpaired) electrons. The van der Waals surface area contributed by atoms with Crippen LogP contribution in [0.1, 0.15) is 31.2 Å². The first-order valence-electron chi connectivity index (χ1n) is 7.99. The number of hydrazine groups is 1. The molecule has 0 saturated carbocycles. The molecule has 1 aliphatic rings. The van der Waals surface area contributed by atoms with Crippen molar-refractivity contribution in [2.75, 3.05) is 19.8 Å². The van der Waals surface area contributed by atoms with Gasteiger partial charge in [-0.2, -0.15) is 5.10 Å². The van der Waals surface area contributed by atoms with Gasteiger partial charge in [-0.3, -0.25) is 20.1 Å². The highest BCUT2D eigenvalue weighted by Crippen LogP contribution is 2.43. The molecule has 1 amide bonds. The van der Waals surface area contributed by atoms with E-state index in [1.807, 2.05) is 19.1 Å². The molecule has 132 valence electrons. The minimum atomic E-state index is -0.416. The van der Waals surface area contributed by atoms with Crippen molar-refractivity contribution in [1.29, 1.82) is 0 Å². The van der Waals surface area contributed by atoms with Crippen molar-refractivity contribution >= 4 is 28.7 Å². The van der Waals surface area contributed by atoms with Gasteiger partial charge in [0.05, 0.1) is 21.7 Å². The Hall–Kier alpha value is -2.97. The average molecular weight is 367 g/mol. The third-order valence-electron chi connectivity index (χ3n) is 4.25. The molecule has 0 aliphatic heterocycles. The maximum atomic E-state index is 13.2. The highest BCUT2D eigenvalue weighted by atomic mass is 32.1. The zero-order chi connectivity index (χ0) is 18.6. The molecule has 0 unspecified atom stereocenters. The number of anilines is 1. The summed E-state index contributed by atoms with van der Waals surface area (Å²) in [7, 11) is 3.39. The predicted molar refractivity (Wildman–Crippen MR) is 101 cm³/mol. The van der Waals surface area contributed by atoms with Crippen molar-refractivity contribution in [1.82, 2.24) is 20.6 Å². The number of amides is 1. The number of hydrogen-bond acceptors (Lipinski definition) is 6. The highest BCUT2D eigenvalue weighted by Gasteiger charge is 2.37. The molecule has 1 aliphatic carbocycles. The number of rotatable bonds is 3. The maximum absolute atomic E-state index is 13.2. The van der Waals surface area contributed by atoms with Crippen LogP contribution in [0.5, 0.6) is 0 Å². The monoisotopic (exact) mass is 367 g/mol. The van der Waals surface area contributed by atoms with E-state index in [1.165, 1.54) is 5.01 Å². The van der Waals surface area contributed by atoms with Gasteiger partial charge in [0, 0.05) is 35.8 Å². The number of carbonyl (C=O) groups is 2. The van der Waals surface area contributed by atoms with Crippen molar-refractivity contribution in [3.05, 3.63) is 45.8 Å². The Labute approximate surface area is 153 Å². The van der Waals surface area contributed by atoms with Crippen LogP contribution in [0.25, 0.3) is 21.8 Å². The Morgan fingerprint density at radius 1 is 1.23 bits per heavy atom. The van der Waals surface area contributed by atoms with E-state index < -0.39 is 5.91 Å². The summed E-state index contributed by atoms with van der Waals surface area (Å²) < 4.78 is 0. The SMILES string of the molecule is Cc1ccc(-c2[nH]nc3c2C(=O)c2c-3ccc(N)c2C(=O)NN(C)C)s1. The number of benzene rings is 1. The predicted octanol–water partition coefficient (Wildman–Crippen LogP) is 2.45. The van der Waals surface area contributed by atoms with Crippen LogP contribution in [0.3, 0.4) is 0 Å². The number of H-pyrrole nitrogens is 1. The number of fused-ring (bicyclic) bond motifs is 3. The van der Waals surface area contributed by atoms with E-state index in [0.29, 0.717) is 28.1 Å². The summed E-state index contributed by atoms with van der Waals surface area (Å²) in [5, 5.41) is 8.83. The molecule has 0 atom stereocenters. The van der Waals surface area contributed by atoms with Gasteiger partial charge >= 0.3 is 0 Å². The van der Waals surface area contributed by atoms with Crippen LogP contribution in [-0.4, -0.2) is 41.0 Å². The Morgan fingerprint density at radius 3 is 2.65 bits per heavy atom. The number of nitrogens with zero attached hydrogens (tertiary/aromatic N) is 2. The fraction of sp³-hybridized carbons (Fsp3) is 0.167. The van der Waals surface area contributed by atoms with E-state index in [1.54, 1.807) is 37.6 Å². The molecule has 1 aromatic carbocycles. The molecular weight excluding hydrogens is 350 g/mol. The van der Waals surface area contributed by atoms with Gasteiger partial charge in [-0.25, -0.2) is 5.01 Å². The molecule has 2 aromatic heterocycles. The molecular formula is C18H17N5O2S. The number of aromatic nitrogens is 2. The summed E-state index contributed by atoms with van der Waals surface area (Å²) >= 11 is 1.58. The van der Waals surface area contributed by atoms with E-state index in [0.717, 1.165) is 9.75 Å². The summed E-state index contributed by atoms with van der Waals surface area (Å²) in [6, 6.07) is 7.33. The molecule has 0 saturated heterocycles. The van der Waals surface area contributed by atoms with Gasteiger partial charge in [0.2, 0.25) is 0 Å². The number of nitrogens with two attached hydrogens (primary N) is 1. The quantitative estimate of drug-likeness (QED) is 0.381. The van der Waals surface area contributed by atoms with Crippen LogP contribution in [0.15, 0.2) is 24.3 Å². The van der Waals surface area contributed by atoms with Crippen molar-refractivity contribution < 1.29 is 9.59 Å². The van der Waals surface area contributed by atoms with Crippen molar-refractivity contribution in [3.63, 3.8) is 0 Å². The summed E-state index contributed by atoms with van der Waals surface area (Å²) in [6.45, 7) is 2.01. The minimum Gasteiger partial charge on any atom is -0.398 e. The molecule has 0 fully saturated rings. The summed E-state index contributed by atoms with van der Waals surface area (Å²) in [5.41, 5.74) is 11.8. The van der Waals surface area contributed by atoms with Gasteiger partial charge in [0.25, 0.3) is 5.91 Å². The van der Waals surface area contributed by atoms with Crippen LogP contribution >= 0.6 is 11.3 Å². The Morgan fingerprint density at radius 2 is 2.00 bits per heavy atom. The molecule has 8 heteroatoms. The lowest BCUT2D eigenvalue weighted by Crippen LogP contribution is -2.37. The molecule has 0 bridgehead atoms. The first-order chi connectivity index (χ1) is 12.4. The molecule has 4 rings (SSSR count). The average Bonchev–Trinajstić information content (AvgIpc) is 3.24. The van der Waals surface area contributed by atoms with Crippen LogP contribution < -0.4 is 11.2 Å². The molecule has 3 aromatic rings. The molecule has 4 N–H and O–H groups in total. The van der Waals surface area contributed by atoms with Crippen LogP contribution in [0.4, 0.5) is 5.69 Å². The van der Waals surface area contributed by atoms with E-state index in [-0.39, 0.29) is 17.0 Å². The van der Waals surface area contributed by atoms with Gasteiger partial charge in [0.15, 0.2) is 5.78 Å². The smallest absolute Gasteiger partial charge is 0.268 e. The molecule has 0 spiro atoms. The fourth-order valence-corrected chi connectivity index (χ4v) is 4.05. The number of hydrogen-bond donors (Lipinski definition) is 3. The fourth-order valence-electron chi connectivity index (χ4n) is 3.19. The lowest BCUT2D eigenvalue weighted by atomic mass is 9.99. The topological polar surface area (TPSA) is 104 Å².